The molecule has 1 aliphatic carbocycles. The fraction of sp³-hybridized carbons (Fsp3) is 0.379. The van der Waals surface area contributed by atoms with Crippen molar-refractivity contribution in [3.05, 3.63) is 58.0 Å². The summed E-state index contributed by atoms with van der Waals surface area (Å²) in [6.45, 7) is 8.42. The van der Waals surface area contributed by atoms with E-state index < -0.39 is 17.5 Å². The molecule has 216 valence electrons. The lowest BCUT2D eigenvalue weighted by Crippen LogP contribution is -2.58. The van der Waals surface area contributed by atoms with Crippen LogP contribution >= 0.6 is 15.9 Å². The van der Waals surface area contributed by atoms with Gasteiger partial charge >= 0.3 is 0 Å². The molecule has 6 rings (SSSR count). The number of hydrogen-bond acceptors (Lipinski definition) is 9. The van der Waals surface area contributed by atoms with Gasteiger partial charge in [0.05, 0.1) is 16.9 Å². The van der Waals surface area contributed by atoms with Gasteiger partial charge in [-0.05, 0) is 66.2 Å². The average molecular weight is 634 g/mol. The fourth-order valence-corrected chi connectivity index (χ4v) is 6.25. The molecule has 2 amide bonds. The number of pyridine rings is 2. The maximum atomic E-state index is 13.9. The van der Waals surface area contributed by atoms with E-state index in [2.05, 4.69) is 41.3 Å². The van der Waals surface area contributed by atoms with Crippen LogP contribution in [-0.2, 0) is 16.1 Å². The maximum Gasteiger partial charge on any atom is 0.278 e. The number of fused-ring (bicyclic) bond motifs is 2. The van der Waals surface area contributed by atoms with E-state index in [4.69, 9.17) is 4.98 Å². The van der Waals surface area contributed by atoms with Crippen molar-refractivity contribution in [1.29, 1.82) is 0 Å². The number of carbonyl (C=O) groups excluding carboxylic acids is 3. The van der Waals surface area contributed by atoms with Gasteiger partial charge in [-0.3, -0.25) is 24.0 Å². The molecule has 2 fully saturated rings. The van der Waals surface area contributed by atoms with E-state index in [1.807, 2.05) is 6.92 Å². The normalized spacial score (nSPS) is 22.7. The number of likely N-dealkylation sites (tertiary alicyclic amines) is 1. The van der Waals surface area contributed by atoms with Crippen molar-refractivity contribution in [3.8, 4) is 11.3 Å². The van der Waals surface area contributed by atoms with E-state index >= 15 is 0 Å². The minimum atomic E-state index is -2.08. The summed E-state index contributed by atoms with van der Waals surface area (Å²) in [6, 6.07) is 4.97. The summed E-state index contributed by atoms with van der Waals surface area (Å²) in [5, 5.41) is 19.5. The van der Waals surface area contributed by atoms with E-state index in [0.717, 1.165) is 0 Å². The molecule has 4 aromatic heterocycles. The smallest absolute Gasteiger partial charge is 0.278 e. The Kier molecular flexibility index (Phi) is 6.50. The van der Waals surface area contributed by atoms with Gasteiger partial charge in [0.15, 0.2) is 5.78 Å². The molecule has 0 radical (unpaired) electrons. The number of halogens is 1. The lowest BCUT2D eigenvalue weighted by Gasteiger charge is -2.35. The van der Waals surface area contributed by atoms with Crippen LogP contribution in [0.15, 0.2) is 35.2 Å². The van der Waals surface area contributed by atoms with E-state index in [9.17, 15) is 19.5 Å². The van der Waals surface area contributed by atoms with Gasteiger partial charge in [-0.1, -0.05) is 13.0 Å². The summed E-state index contributed by atoms with van der Waals surface area (Å²) in [6.07, 6.45) is 4.09. The lowest BCUT2D eigenvalue weighted by molar-refractivity contribution is -0.168. The Labute approximate surface area is 249 Å². The molecule has 2 N–H and O–H groups in total. The maximum absolute atomic E-state index is 13.9. The van der Waals surface area contributed by atoms with Crippen molar-refractivity contribution >= 4 is 50.2 Å². The van der Waals surface area contributed by atoms with Crippen LogP contribution in [0.4, 0.5) is 5.82 Å². The first-order chi connectivity index (χ1) is 19.8. The number of nitrogens with zero attached hydrogens (tertiary/aromatic N) is 7. The molecular formula is C29H29BrN8O4. The summed E-state index contributed by atoms with van der Waals surface area (Å²) in [5.74, 6) is -0.575. The highest BCUT2D eigenvalue weighted by Gasteiger charge is 2.71. The van der Waals surface area contributed by atoms with Crippen LogP contribution in [0.3, 0.4) is 0 Å². The van der Waals surface area contributed by atoms with Crippen molar-refractivity contribution in [2.45, 2.75) is 65.8 Å². The molecule has 13 heteroatoms. The monoisotopic (exact) mass is 632 g/mol. The summed E-state index contributed by atoms with van der Waals surface area (Å²) < 4.78 is 1.96. The third kappa shape index (κ3) is 4.56. The van der Waals surface area contributed by atoms with E-state index in [0.29, 0.717) is 56.1 Å². The molecule has 1 aliphatic heterocycles. The van der Waals surface area contributed by atoms with Gasteiger partial charge in [0.2, 0.25) is 11.6 Å². The predicted octanol–water partition coefficient (Wildman–Crippen LogP) is 3.51. The number of rotatable bonds is 6. The van der Waals surface area contributed by atoms with Crippen LogP contribution in [0.2, 0.25) is 0 Å². The van der Waals surface area contributed by atoms with Crippen LogP contribution in [0.25, 0.3) is 22.2 Å². The first-order valence-corrected chi connectivity index (χ1v) is 14.3. The molecule has 0 spiro atoms. The molecule has 3 atom stereocenters. The van der Waals surface area contributed by atoms with Gasteiger partial charge in [-0.15, -0.1) is 0 Å². The quantitative estimate of drug-likeness (QED) is 0.240. The first-order valence-electron chi connectivity index (χ1n) is 13.5. The molecule has 1 saturated carbocycles. The molecule has 0 unspecified atom stereocenters. The SMILES string of the molecule is CC(=O)c1nn(CC(=O)N2[C@@H]3C[C@]3(C)C[C@@]2(O)C(=O)Nc2nc(Br)ccc2C)c2c(C)nc(-c3cnc(C)nc3)cc12. The third-order valence-electron chi connectivity index (χ3n) is 8.19. The lowest BCUT2D eigenvalue weighted by atomic mass is 9.98. The van der Waals surface area contributed by atoms with Crippen molar-refractivity contribution in [2.75, 3.05) is 5.32 Å². The standard InChI is InChI=1S/C29H29BrN8O4/c1-14-6-7-22(30)34-26(14)35-27(41)29(42)13-28(5)9-21(28)38(29)23(40)12-37-25-15(2)33-20(18-10-31-17(4)32-11-18)8-19(25)24(36-37)16(3)39/h6-8,10-11,21,42H,9,12-13H2,1-5H3,(H,34,35,41)/t21-,28-,29-/m1/s1. The van der Waals surface area contributed by atoms with Crippen molar-refractivity contribution in [3.63, 3.8) is 0 Å². The Morgan fingerprint density at radius 1 is 1.14 bits per heavy atom. The summed E-state index contributed by atoms with van der Waals surface area (Å²) in [7, 11) is 0. The fourth-order valence-electron chi connectivity index (χ4n) is 5.94. The molecule has 12 nitrogen and oxygen atoms in total. The zero-order chi connectivity index (χ0) is 30.1. The molecule has 0 bridgehead atoms. The number of nitrogens with one attached hydrogen (secondary N) is 1. The van der Waals surface area contributed by atoms with Gasteiger partial charge in [0.25, 0.3) is 5.91 Å². The second-order valence-electron chi connectivity index (χ2n) is 11.5. The average Bonchev–Trinajstić information content (AvgIpc) is 3.29. The van der Waals surface area contributed by atoms with Crippen LogP contribution < -0.4 is 5.32 Å². The van der Waals surface area contributed by atoms with Crippen LogP contribution in [0.1, 0.15) is 54.3 Å². The molecular weight excluding hydrogens is 604 g/mol. The number of carbonyl (C=O) groups is 3. The molecule has 2 aliphatic rings. The van der Waals surface area contributed by atoms with Gasteiger partial charge in [0, 0.05) is 42.7 Å². The zero-order valence-corrected chi connectivity index (χ0v) is 25.4. The summed E-state index contributed by atoms with van der Waals surface area (Å²) >= 11 is 3.30. The number of hydrogen-bond donors (Lipinski definition) is 2. The molecule has 42 heavy (non-hydrogen) atoms. The summed E-state index contributed by atoms with van der Waals surface area (Å²) in [5.41, 5.74) is 0.762. The number of anilines is 1. The Bertz CT molecular complexity index is 1810. The van der Waals surface area contributed by atoms with Gasteiger partial charge in [-0.2, -0.15) is 5.10 Å². The van der Waals surface area contributed by atoms with E-state index in [1.54, 1.807) is 51.4 Å². The van der Waals surface area contributed by atoms with Crippen molar-refractivity contribution < 1.29 is 19.5 Å². The van der Waals surface area contributed by atoms with Gasteiger partial charge in [0.1, 0.15) is 28.5 Å². The van der Waals surface area contributed by atoms with Crippen LogP contribution in [0.5, 0.6) is 0 Å². The van der Waals surface area contributed by atoms with Crippen molar-refractivity contribution in [1.82, 2.24) is 34.6 Å². The predicted molar refractivity (Wildman–Crippen MR) is 156 cm³/mol. The van der Waals surface area contributed by atoms with E-state index in [1.165, 1.54) is 16.5 Å². The minimum Gasteiger partial charge on any atom is -0.363 e. The number of aryl methyl sites for hydroxylation is 3. The Hall–Kier alpha value is -4.10. The highest BCUT2D eigenvalue weighted by molar-refractivity contribution is 9.10. The Morgan fingerprint density at radius 2 is 1.86 bits per heavy atom. The largest absolute Gasteiger partial charge is 0.363 e. The number of aromatic nitrogens is 6. The molecule has 5 heterocycles. The van der Waals surface area contributed by atoms with Crippen LogP contribution in [-0.4, -0.2) is 69.1 Å². The Balaban J connectivity index is 1.35. The first kappa shape index (κ1) is 28.0. The van der Waals surface area contributed by atoms with Crippen LogP contribution in [0, 0.1) is 26.2 Å². The van der Waals surface area contributed by atoms with Gasteiger partial charge in [-0.25, -0.2) is 15.0 Å². The minimum absolute atomic E-state index is 0.0937. The molecule has 4 aromatic rings. The number of aliphatic hydroxyl groups is 1. The summed E-state index contributed by atoms with van der Waals surface area (Å²) in [4.78, 5) is 58.8. The second-order valence-corrected chi connectivity index (χ2v) is 12.3. The highest BCUT2D eigenvalue weighted by Crippen LogP contribution is 2.62. The number of Topliss-reactive ketones (excluding diaryl/α,β-unsaturated/α-hetero) is 1. The second kappa shape index (κ2) is 9.73. The Morgan fingerprint density at radius 3 is 2.55 bits per heavy atom. The van der Waals surface area contributed by atoms with E-state index in [-0.39, 0.29) is 35.9 Å². The molecule has 0 aromatic carbocycles. The van der Waals surface area contributed by atoms with Gasteiger partial charge < -0.3 is 15.3 Å². The highest BCUT2D eigenvalue weighted by atomic mass is 79.9. The number of piperidine rings is 1. The molecule has 1 saturated heterocycles. The topological polar surface area (TPSA) is 156 Å². The number of ketones is 1. The number of amides is 2. The third-order valence-corrected chi connectivity index (χ3v) is 8.63. The van der Waals surface area contributed by atoms with Crippen molar-refractivity contribution in [2.24, 2.45) is 5.41 Å². The zero-order valence-electron chi connectivity index (χ0n) is 23.8.